The van der Waals surface area contributed by atoms with Crippen molar-refractivity contribution in [2.75, 3.05) is 0 Å². The summed E-state index contributed by atoms with van der Waals surface area (Å²) in [5.41, 5.74) is 9.28. The van der Waals surface area contributed by atoms with Gasteiger partial charge in [-0.2, -0.15) is 0 Å². The van der Waals surface area contributed by atoms with Crippen LogP contribution in [0.3, 0.4) is 0 Å². The van der Waals surface area contributed by atoms with Crippen molar-refractivity contribution in [2.24, 2.45) is 5.73 Å². The highest BCUT2D eigenvalue weighted by atomic mass is 14.6. The van der Waals surface area contributed by atoms with E-state index in [1.54, 1.807) is 0 Å². The number of nitrogens with two attached hydrogens (primary N) is 1. The maximum absolute atomic E-state index is 5.81. The van der Waals surface area contributed by atoms with Crippen LogP contribution in [0.2, 0.25) is 0 Å². The van der Waals surface area contributed by atoms with Crippen molar-refractivity contribution in [1.82, 2.24) is 4.98 Å². The smallest absolute Gasteiger partial charge is 0.0352 e. The van der Waals surface area contributed by atoms with Gasteiger partial charge in [0.1, 0.15) is 0 Å². The average molecular weight is 234 g/mol. The largest absolute Gasteiger partial charge is 0.326 e. The molecule has 88 valence electrons. The second-order valence-corrected chi connectivity index (χ2v) is 4.27. The van der Waals surface area contributed by atoms with E-state index in [0.29, 0.717) is 6.54 Å². The first-order valence-corrected chi connectivity index (χ1v) is 6.01. The second kappa shape index (κ2) is 4.59. The van der Waals surface area contributed by atoms with E-state index in [9.17, 15) is 0 Å². The molecule has 3 aromatic rings. The number of hydrogen-bond acceptors (Lipinski definition) is 2. The lowest BCUT2D eigenvalue weighted by Crippen LogP contribution is -1.99. The van der Waals surface area contributed by atoms with E-state index < -0.39 is 0 Å². The molecule has 1 heterocycles. The molecule has 0 saturated heterocycles. The number of pyridine rings is 1. The van der Waals surface area contributed by atoms with E-state index in [0.717, 1.165) is 16.5 Å². The van der Waals surface area contributed by atoms with E-state index in [2.05, 4.69) is 35.3 Å². The van der Waals surface area contributed by atoms with Crippen molar-refractivity contribution in [3.8, 4) is 11.1 Å². The van der Waals surface area contributed by atoms with Crippen LogP contribution in [0.15, 0.2) is 60.9 Å². The van der Waals surface area contributed by atoms with Crippen LogP contribution < -0.4 is 5.73 Å². The summed E-state index contributed by atoms with van der Waals surface area (Å²) in [6, 6.07) is 16.5. The number of aromatic nitrogens is 1. The standard InChI is InChI=1S/C16H14N2/c17-9-12-5-1-3-7-14(12)16-11-18-10-13-6-2-4-8-15(13)16/h1-8,10-11H,9,17H2. The Balaban J connectivity index is 2.32. The maximum Gasteiger partial charge on any atom is 0.0352 e. The lowest BCUT2D eigenvalue weighted by atomic mass is 9.97. The van der Waals surface area contributed by atoms with Crippen molar-refractivity contribution in [2.45, 2.75) is 6.54 Å². The van der Waals surface area contributed by atoms with E-state index in [1.807, 2.05) is 30.6 Å². The third-order valence-electron chi connectivity index (χ3n) is 3.20. The summed E-state index contributed by atoms with van der Waals surface area (Å²) in [4.78, 5) is 4.32. The Hall–Kier alpha value is -2.19. The summed E-state index contributed by atoms with van der Waals surface area (Å²) in [6.07, 6.45) is 3.81. The molecule has 1 aromatic heterocycles. The quantitative estimate of drug-likeness (QED) is 0.738. The van der Waals surface area contributed by atoms with Gasteiger partial charge in [0.15, 0.2) is 0 Å². The molecule has 0 radical (unpaired) electrons. The summed E-state index contributed by atoms with van der Waals surface area (Å²) in [7, 11) is 0. The molecule has 0 spiro atoms. The van der Waals surface area contributed by atoms with Gasteiger partial charge in [-0.1, -0.05) is 48.5 Å². The van der Waals surface area contributed by atoms with Gasteiger partial charge in [0, 0.05) is 29.9 Å². The van der Waals surface area contributed by atoms with Gasteiger partial charge in [-0.15, -0.1) is 0 Å². The molecular weight excluding hydrogens is 220 g/mol. The van der Waals surface area contributed by atoms with Gasteiger partial charge in [0.2, 0.25) is 0 Å². The summed E-state index contributed by atoms with van der Waals surface area (Å²) < 4.78 is 0. The Morgan fingerprint density at radius 2 is 1.61 bits per heavy atom. The fraction of sp³-hybridized carbons (Fsp3) is 0.0625. The zero-order valence-electron chi connectivity index (χ0n) is 10.0. The van der Waals surface area contributed by atoms with Crippen LogP contribution >= 0.6 is 0 Å². The zero-order chi connectivity index (χ0) is 12.4. The Morgan fingerprint density at radius 3 is 2.50 bits per heavy atom. The summed E-state index contributed by atoms with van der Waals surface area (Å²) in [6.45, 7) is 0.541. The second-order valence-electron chi connectivity index (χ2n) is 4.27. The minimum atomic E-state index is 0.541. The van der Waals surface area contributed by atoms with Crippen LogP contribution in [0, 0.1) is 0 Å². The van der Waals surface area contributed by atoms with Crippen LogP contribution in [-0.2, 0) is 6.54 Å². The van der Waals surface area contributed by atoms with Crippen LogP contribution in [0.4, 0.5) is 0 Å². The van der Waals surface area contributed by atoms with Gasteiger partial charge in [-0.05, 0) is 16.5 Å². The summed E-state index contributed by atoms with van der Waals surface area (Å²) in [5, 5.41) is 2.37. The number of hydrogen-bond donors (Lipinski definition) is 1. The van der Waals surface area contributed by atoms with E-state index in [-0.39, 0.29) is 0 Å². The lowest BCUT2D eigenvalue weighted by molar-refractivity contribution is 1.07. The number of rotatable bonds is 2. The first-order valence-electron chi connectivity index (χ1n) is 6.01. The molecule has 2 heteroatoms. The van der Waals surface area contributed by atoms with Crippen LogP contribution in [0.5, 0.6) is 0 Å². The average Bonchev–Trinajstić information content (AvgIpc) is 2.46. The first-order chi connectivity index (χ1) is 8.90. The fourth-order valence-corrected chi connectivity index (χ4v) is 2.29. The molecule has 2 nitrogen and oxygen atoms in total. The van der Waals surface area contributed by atoms with Gasteiger partial charge >= 0.3 is 0 Å². The number of fused-ring (bicyclic) bond motifs is 1. The van der Waals surface area contributed by atoms with Gasteiger partial charge in [0.25, 0.3) is 0 Å². The maximum atomic E-state index is 5.81. The summed E-state index contributed by atoms with van der Waals surface area (Å²) >= 11 is 0. The predicted molar refractivity (Wildman–Crippen MR) is 75.1 cm³/mol. The highest BCUT2D eigenvalue weighted by molar-refractivity contribution is 5.96. The molecule has 18 heavy (non-hydrogen) atoms. The van der Waals surface area contributed by atoms with Gasteiger partial charge < -0.3 is 5.73 Å². The third kappa shape index (κ3) is 1.77. The monoisotopic (exact) mass is 234 g/mol. The van der Waals surface area contributed by atoms with Crippen LogP contribution in [0.25, 0.3) is 21.9 Å². The van der Waals surface area contributed by atoms with Crippen molar-refractivity contribution < 1.29 is 0 Å². The predicted octanol–water partition coefficient (Wildman–Crippen LogP) is 3.36. The molecule has 0 aliphatic heterocycles. The lowest BCUT2D eigenvalue weighted by Gasteiger charge is -2.10. The number of nitrogens with zero attached hydrogens (tertiary/aromatic N) is 1. The molecule has 2 N–H and O–H groups in total. The van der Waals surface area contributed by atoms with E-state index in [4.69, 9.17) is 5.73 Å². The molecule has 0 saturated carbocycles. The van der Waals surface area contributed by atoms with Gasteiger partial charge in [-0.3, -0.25) is 4.98 Å². The highest BCUT2D eigenvalue weighted by Gasteiger charge is 2.07. The van der Waals surface area contributed by atoms with Crippen molar-refractivity contribution in [1.29, 1.82) is 0 Å². The van der Waals surface area contributed by atoms with Crippen molar-refractivity contribution in [3.05, 3.63) is 66.5 Å². The molecule has 0 amide bonds. The molecule has 0 bridgehead atoms. The van der Waals surface area contributed by atoms with Gasteiger partial charge in [0.05, 0.1) is 0 Å². The van der Waals surface area contributed by atoms with E-state index >= 15 is 0 Å². The molecule has 3 rings (SSSR count). The van der Waals surface area contributed by atoms with Crippen LogP contribution in [-0.4, -0.2) is 4.98 Å². The van der Waals surface area contributed by atoms with Crippen molar-refractivity contribution in [3.63, 3.8) is 0 Å². The normalized spacial score (nSPS) is 10.7. The molecule has 0 unspecified atom stereocenters. The topological polar surface area (TPSA) is 38.9 Å². The molecule has 0 aliphatic carbocycles. The fourth-order valence-electron chi connectivity index (χ4n) is 2.29. The minimum Gasteiger partial charge on any atom is -0.326 e. The number of benzene rings is 2. The Kier molecular flexibility index (Phi) is 2.79. The molecular formula is C16H14N2. The van der Waals surface area contributed by atoms with Gasteiger partial charge in [-0.25, -0.2) is 0 Å². The van der Waals surface area contributed by atoms with Crippen LogP contribution in [0.1, 0.15) is 5.56 Å². The SMILES string of the molecule is NCc1ccccc1-c1cncc2ccccc12. The Labute approximate surface area is 106 Å². The summed E-state index contributed by atoms with van der Waals surface area (Å²) in [5.74, 6) is 0. The molecule has 2 aromatic carbocycles. The first kappa shape index (κ1) is 10.9. The Bertz CT molecular complexity index is 684. The Morgan fingerprint density at radius 1 is 0.833 bits per heavy atom. The molecule has 0 atom stereocenters. The molecule has 0 aliphatic rings. The highest BCUT2D eigenvalue weighted by Crippen LogP contribution is 2.29. The third-order valence-corrected chi connectivity index (χ3v) is 3.20. The minimum absolute atomic E-state index is 0.541. The van der Waals surface area contributed by atoms with E-state index in [1.165, 1.54) is 10.9 Å². The molecule has 0 fully saturated rings. The zero-order valence-corrected chi connectivity index (χ0v) is 10.0. The van der Waals surface area contributed by atoms with Crippen molar-refractivity contribution >= 4 is 10.8 Å².